The second kappa shape index (κ2) is 6.42. The van der Waals surface area contributed by atoms with Gasteiger partial charge in [0.1, 0.15) is 8.30 Å². The van der Waals surface area contributed by atoms with Crippen molar-refractivity contribution in [3.05, 3.63) is 43.7 Å². The minimum absolute atomic E-state index is 0.316. The minimum Gasteiger partial charge on any atom is -0.379 e. The summed E-state index contributed by atoms with van der Waals surface area (Å²) in [5.41, 5.74) is 2.32. The van der Waals surface area contributed by atoms with Gasteiger partial charge in [-0.2, -0.15) is 13.2 Å². The van der Waals surface area contributed by atoms with Crippen LogP contribution >= 0.6 is 38.5 Å². The van der Waals surface area contributed by atoms with E-state index in [0.717, 1.165) is 31.9 Å². The molecule has 0 bridgehead atoms. The Balaban J connectivity index is 2.08. The predicted octanol–water partition coefficient (Wildman–Crippen LogP) is 4.18. The van der Waals surface area contributed by atoms with Gasteiger partial charge in [-0.3, -0.25) is 0 Å². The number of alkyl halides is 3. The van der Waals surface area contributed by atoms with Crippen LogP contribution in [0.15, 0.2) is 23.1 Å². The largest absolute Gasteiger partial charge is 0.451 e. The summed E-state index contributed by atoms with van der Waals surface area (Å²) in [6.07, 6.45) is -2.20. The van der Waals surface area contributed by atoms with Crippen LogP contribution < -0.4 is 5.32 Å². The number of hydrogen-bond donors (Lipinski definition) is 1. The van der Waals surface area contributed by atoms with Gasteiger partial charge in [0.2, 0.25) is 5.82 Å². The number of hydrogen-bond acceptors (Lipinski definition) is 4. The van der Waals surface area contributed by atoms with Crippen molar-refractivity contribution in [3.8, 4) is 0 Å². The molecule has 0 saturated carbocycles. The fourth-order valence-electron chi connectivity index (χ4n) is 1.48. The van der Waals surface area contributed by atoms with E-state index in [1.807, 2.05) is 13.0 Å². The number of aromatic nitrogens is 3. The second-order valence-corrected chi connectivity index (χ2v) is 5.97. The van der Waals surface area contributed by atoms with Crippen LogP contribution in [-0.2, 0) is 12.7 Å². The first-order valence-corrected chi connectivity index (χ1v) is 7.59. The van der Waals surface area contributed by atoms with E-state index in [1.54, 1.807) is 0 Å². The lowest BCUT2D eigenvalue weighted by atomic mass is 10.3. The third-order valence-corrected chi connectivity index (χ3v) is 4.17. The molecule has 0 atom stereocenters. The molecule has 0 radical (unpaired) electrons. The predicted molar refractivity (Wildman–Crippen MR) is 83.8 cm³/mol. The first kappa shape index (κ1) is 16.4. The van der Waals surface area contributed by atoms with E-state index in [0.29, 0.717) is 12.1 Å². The average Bonchev–Trinajstić information content (AvgIpc) is 2.41. The molecule has 2 aromatic heterocycles. The summed E-state index contributed by atoms with van der Waals surface area (Å²) >= 11 is 5.41. The maximum atomic E-state index is 12.4. The van der Waals surface area contributed by atoms with Gasteiger partial charge in [-0.05, 0) is 57.1 Å². The first-order chi connectivity index (χ1) is 9.77. The molecule has 112 valence electrons. The van der Waals surface area contributed by atoms with E-state index in [1.165, 1.54) is 0 Å². The molecule has 0 saturated heterocycles. The second-order valence-electron chi connectivity index (χ2n) is 4.20. The van der Waals surface area contributed by atoms with E-state index in [-0.39, 0.29) is 0 Å². The fourth-order valence-corrected chi connectivity index (χ4v) is 2.69. The summed E-state index contributed by atoms with van der Waals surface area (Å²) < 4.78 is 38.6. The summed E-state index contributed by atoms with van der Waals surface area (Å²) in [5.74, 6) is -1.14. The van der Waals surface area contributed by atoms with Gasteiger partial charge in [0, 0.05) is 24.5 Å². The average molecular weight is 473 g/mol. The van der Waals surface area contributed by atoms with Crippen LogP contribution in [0.1, 0.15) is 17.0 Å². The van der Waals surface area contributed by atoms with E-state index < -0.39 is 12.0 Å². The Morgan fingerprint density at radius 1 is 1.29 bits per heavy atom. The molecule has 9 heteroatoms. The molecule has 21 heavy (non-hydrogen) atoms. The van der Waals surface area contributed by atoms with E-state index >= 15 is 0 Å². The summed E-state index contributed by atoms with van der Waals surface area (Å²) in [7, 11) is 0. The van der Waals surface area contributed by atoms with Crippen LogP contribution in [0.25, 0.3) is 0 Å². The van der Waals surface area contributed by atoms with Crippen molar-refractivity contribution in [3.63, 3.8) is 0 Å². The van der Waals surface area contributed by atoms with Crippen LogP contribution in [0.3, 0.4) is 0 Å². The first-order valence-electron chi connectivity index (χ1n) is 5.72. The fraction of sp³-hybridized carbons (Fsp3) is 0.250. The molecule has 0 spiro atoms. The Morgan fingerprint density at radius 3 is 2.48 bits per heavy atom. The molecule has 0 unspecified atom stereocenters. The number of nitrogens with one attached hydrogen (secondary N) is 1. The van der Waals surface area contributed by atoms with Crippen molar-refractivity contribution in [2.24, 2.45) is 0 Å². The standard InChI is InChI=1S/C12H9BrF3IN4/c1-6-2-8(10(17)21-9(6)13)18-3-7-4-19-11(20-5-7)12(14,15)16/h2,4-5,18H,3H2,1H3. The summed E-state index contributed by atoms with van der Waals surface area (Å²) in [5, 5.41) is 3.10. The quantitative estimate of drug-likeness (QED) is 0.538. The molecule has 1 N–H and O–H groups in total. The Kier molecular flexibility index (Phi) is 5.02. The molecule has 0 amide bonds. The zero-order valence-electron chi connectivity index (χ0n) is 10.7. The Bertz CT molecular complexity index is 646. The highest BCUT2D eigenvalue weighted by molar-refractivity contribution is 14.1. The number of pyridine rings is 1. The van der Waals surface area contributed by atoms with E-state index in [2.05, 4.69) is 58.8 Å². The van der Waals surface area contributed by atoms with Gasteiger partial charge in [0.25, 0.3) is 0 Å². The third kappa shape index (κ3) is 4.25. The van der Waals surface area contributed by atoms with Gasteiger partial charge < -0.3 is 5.32 Å². The Hall–Kier alpha value is -0.970. The lowest BCUT2D eigenvalue weighted by Gasteiger charge is -2.10. The SMILES string of the molecule is Cc1cc(NCc2cnc(C(F)(F)F)nc2)c(I)nc1Br. The number of halogens is 5. The lowest BCUT2D eigenvalue weighted by molar-refractivity contribution is -0.145. The minimum atomic E-state index is -4.52. The number of nitrogens with zero attached hydrogens (tertiary/aromatic N) is 3. The zero-order valence-corrected chi connectivity index (χ0v) is 14.4. The molecular weight excluding hydrogens is 464 g/mol. The van der Waals surface area contributed by atoms with Crippen molar-refractivity contribution < 1.29 is 13.2 Å². The van der Waals surface area contributed by atoms with Gasteiger partial charge in [0.15, 0.2) is 0 Å². The zero-order chi connectivity index (χ0) is 15.6. The molecular formula is C12H9BrF3IN4. The van der Waals surface area contributed by atoms with E-state index in [4.69, 9.17) is 0 Å². The highest BCUT2D eigenvalue weighted by Gasteiger charge is 2.34. The molecule has 2 aromatic rings. The third-order valence-electron chi connectivity index (χ3n) is 2.55. The van der Waals surface area contributed by atoms with Gasteiger partial charge in [-0.25, -0.2) is 15.0 Å². The molecule has 0 fully saturated rings. The monoisotopic (exact) mass is 472 g/mol. The van der Waals surface area contributed by atoms with Gasteiger partial charge in [0.05, 0.1) is 5.69 Å². The molecule has 2 heterocycles. The van der Waals surface area contributed by atoms with Crippen LogP contribution in [0.5, 0.6) is 0 Å². The Labute approximate surface area is 140 Å². The molecule has 0 aromatic carbocycles. The van der Waals surface area contributed by atoms with Gasteiger partial charge in [-0.1, -0.05) is 0 Å². The normalized spacial score (nSPS) is 11.5. The lowest BCUT2D eigenvalue weighted by Crippen LogP contribution is -2.12. The van der Waals surface area contributed by atoms with Crippen LogP contribution in [0.4, 0.5) is 18.9 Å². The molecule has 0 aliphatic heterocycles. The van der Waals surface area contributed by atoms with Crippen molar-refractivity contribution in [2.45, 2.75) is 19.6 Å². The highest BCUT2D eigenvalue weighted by Crippen LogP contribution is 2.26. The maximum absolute atomic E-state index is 12.4. The van der Waals surface area contributed by atoms with Crippen LogP contribution in [0.2, 0.25) is 0 Å². The van der Waals surface area contributed by atoms with Gasteiger partial charge >= 0.3 is 6.18 Å². The van der Waals surface area contributed by atoms with Gasteiger partial charge in [-0.15, -0.1) is 0 Å². The topological polar surface area (TPSA) is 50.7 Å². The summed E-state index contributed by atoms with van der Waals surface area (Å²) in [4.78, 5) is 10.9. The smallest absolute Gasteiger partial charge is 0.379 e. The van der Waals surface area contributed by atoms with Crippen LogP contribution in [-0.4, -0.2) is 15.0 Å². The van der Waals surface area contributed by atoms with E-state index in [9.17, 15) is 13.2 Å². The van der Waals surface area contributed by atoms with Crippen molar-refractivity contribution in [1.29, 1.82) is 0 Å². The maximum Gasteiger partial charge on any atom is 0.451 e. The molecule has 0 aliphatic rings. The number of anilines is 1. The molecule has 2 rings (SSSR count). The van der Waals surface area contributed by atoms with Crippen molar-refractivity contribution >= 4 is 44.2 Å². The summed E-state index contributed by atoms with van der Waals surface area (Å²) in [6, 6.07) is 1.91. The van der Waals surface area contributed by atoms with Crippen molar-refractivity contribution in [2.75, 3.05) is 5.32 Å². The van der Waals surface area contributed by atoms with Crippen LogP contribution in [0, 0.1) is 10.6 Å². The Morgan fingerprint density at radius 2 is 1.90 bits per heavy atom. The summed E-state index contributed by atoms with van der Waals surface area (Å²) in [6.45, 7) is 2.22. The molecule has 4 nitrogen and oxygen atoms in total. The highest BCUT2D eigenvalue weighted by atomic mass is 127. The van der Waals surface area contributed by atoms with Crippen molar-refractivity contribution in [1.82, 2.24) is 15.0 Å². The number of aryl methyl sites for hydroxylation is 1. The molecule has 0 aliphatic carbocycles. The number of rotatable bonds is 3.